The standard InChI is InChI=1S/C15H19N3S/c1-15(2,3)13-8-9-19-14(18-13)17-12-6-4-11(10-16)5-7-12/h4-7,13H,8-9H2,1-3H3,(H,17,18). The highest BCUT2D eigenvalue weighted by Gasteiger charge is 2.27. The van der Waals surface area contributed by atoms with Gasteiger partial charge in [-0.1, -0.05) is 32.5 Å². The van der Waals surface area contributed by atoms with Crippen molar-refractivity contribution in [2.75, 3.05) is 11.1 Å². The van der Waals surface area contributed by atoms with Crippen LogP contribution in [0, 0.1) is 16.7 Å². The van der Waals surface area contributed by atoms with Gasteiger partial charge in [-0.05, 0) is 36.1 Å². The lowest BCUT2D eigenvalue weighted by Gasteiger charge is -2.31. The van der Waals surface area contributed by atoms with Gasteiger partial charge < -0.3 is 5.32 Å². The molecule has 0 fully saturated rings. The molecular weight excluding hydrogens is 254 g/mol. The van der Waals surface area contributed by atoms with Crippen molar-refractivity contribution in [3.05, 3.63) is 29.8 Å². The van der Waals surface area contributed by atoms with E-state index in [9.17, 15) is 0 Å². The second-order valence-electron chi connectivity index (χ2n) is 5.77. The molecule has 1 heterocycles. The summed E-state index contributed by atoms with van der Waals surface area (Å²) in [5.74, 6) is 1.10. The van der Waals surface area contributed by atoms with Gasteiger partial charge in [0.15, 0.2) is 5.17 Å². The molecule has 0 spiro atoms. The van der Waals surface area contributed by atoms with Crippen LogP contribution < -0.4 is 5.32 Å². The van der Waals surface area contributed by atoms with Crippen molar-refractivity contribution in [1.82, 2.24) is 0 Å². The Morgan fingerprint density at radius 1 is 1.32 bits per heavy atom. The van der Waals surface area contributed by atoms with Crippen LogP contribution in [-0.2, 0) is 0 Å². The first-order valence-corrected chi connectivity index (χ1v) is 7.45. The minimum absolute atomic E-state index is 0.207. The summed E-state index contributed by atoms with van der Waals surface area (Å²) in [6.45, 7) is 6.70. The van der Waals surface area contributed by atoms with Gasteiger partial charge in [-0.25, -0.2) is 0 Å². The van der Waals surface area contributed by atoms with Crippen molar-refractivity contribution in [2.24, 2.45) is 10.4 Å². The number of hydrogen-bond acceptors (Lipinski definition) is 4. The van der Waals surface area contributed by atoms with Crippen LogP contribution in [-0.4, -0.2) is 17.0 Å². The normalized spacial score (nSPS) is 19.5. The summed E-state index contributed by atoms with van der Waals surface area (Å²) in [4.78, 5) is 4.79. The van der Waals surface area contributed by atoms with E-state index in [-0.39, 0.29) is 5.41 Å². The molecule has 1 aromatic rings. The molecule has 1 aromatic carbocycles. The Labute approximate surface area is 119 Å². The topological polar surface area (TPSA) is 48.2 Å². The molecule has 100 valence electrons. The maximum Gasteiger partial charge on any atom is 0.161 e. The SMILES string of the molecule is CC(C)(C)C1CCSC(Nc2ccc(C#N)cc2)=N1. The van der Waals surface area contributed by atoms with Crippen LogP contribution in [0.4, 0.5) is 5.69 Å². The lowest BCUT2D eigenvalue weighted by atomic mass is 9.85. The zero-order valence-corrected chi connectivity index (χ0v) is 12.4. The monoisotopic (exact) mass is 273 g/mol. The van der Waals surface area contributed by atoms with Crippen molar-refractivity contribution in [1.29, 1.82) is 5.26 Å². The van der Waals surface area contributed by atoms with E-state index >= 15 is 0 Å². The van der Waals surface area contributed by atoms with E-state index in [1.807, 2.05) is 24.3 Å². The molecule has 0 aliphatic carbocycles. The maximum atomic E-state index is 8.78. The summed E-state index contributed by atoms with van der Waals surface area (Å²) < 4.78 is 0. The van der Waals surface area contributed by atoms with Crippen LogP contribution >= 0.6 is 11.8 Å². The Morgan fingerprint density at radius 3 is 2.58 bits per heavy atom. The van der Waals surface area contributed by atoms with E-state index in [2.05, 4.69) is 32.2 Å². The first-order chi connectivity index (χ1) is 8.99. The fraction of sp³-hybridized carbons (Fsp3) is 0.467. The predicted octanol–water partition coefficient (Wildman–Crippen LogP) is 3.88. The Bertz CT molecular complexity index is 506. The molecule has 19 heavy (non-hydrogen) atoms. The molecule has 0 radical (unpaired) electrons. The fourth-order valence-electron chi connectivity index (χ4n) is 1.96. The molecule has 1 unspecified atom stereocenters. The smallest absolute Gasteiger partial charge is 0.161 e. The average molecular weight is 273 g/mol. The molecular formula is C15H19N3S. The van der Waals surface area contributed by atoms with Gasteiger partial charge in [-0.15, -0.1) is 0 Å². The summed E-state index contributed by atoms with van der Waals surface area (Å²) >= 11 is 1.76. The van der Waals surface area contributed by atoms with E-state index in [1.54, 1.807) is 11.8 Å². The fourth-order valence-corrected chi connectivity index (χ4v) is 2.88. The Kier molecular flexibility index (Phi) is 4.16. The molecule has 0 saturated carbocycles. The lowest BCUT2D eigenvalue weighted by molar-refractivity contribution is 0.316. The number of benzene rings is 1. The van der Waals surface area contributed by atoms with E-state index in [0.29, 0.717) is 11.6 Å². The molecule has 1 aliphatic rings. The van der Waals surface area contributed by atoms with Gasteiger partial charge in [0.2, 0.25) is 0 Å². The third-order valence-electron chi connectivity index (χ3n) is 3.17. The van der Waals surface area contributed by atoms with E-state index < -0.39 is 0 Å². The van der Waals surface area contributed by atoms with Gasteiger partial charge in [0.25, 0.3) is 0 Å². The van der Waals surface area contributed by atoms with Gasteiger partial charge in [0.05, 0.1) is 17.7 Å². The number of thioether (sulfide) groups is 1. The lowest BCUT2D eigenvalue weighted by Crippen LogP contribution is -2.30. The van der Waals surface area contributed by atoms with Crippen LogP contribution in [0.25, 0.3) is 0 Å². The van der Waals surface area contributed by atoms with Gasteiger partial charge in [0, 0.05) is 11.4 Å². The van der Waals surface area contributed by atoms with Crippen molar-refractivity contribution < 1.29 is 0 Å². The van der Waals surface area contributed by atoms with Crippen molar-refractivity contribution >= 4 is 22.6 Å². The summed E-state index contributed by atoms with van der Waals surface area (Å²) in [7, 11) is 0. The third kappa shape index (κ3) is 3.74. The third-order valence-corrected chi connectivity index (χ3v) is 4.09. The molecule has 0 saturated heterocycles. The zero-order chi connectivity index (χ0) is 13.9. The van der Waals surface area contributed by atoms with Crippen LogP contribution in [0.15, 0.2) is 29.3 Å². The van der Waals surface area contributed by atoms with Crippen LogP contribution in [0.3, 0.4) is 0 Å². The first kappa shape index (κ1) is 14.0. The van der Waals surface area contributed by atoms with Crippen molar-refractivity contribution in [2.45, 2.75) is 33.2 Å². The number of amidine groups is 1. The van der Waals surface area contributed by atoms with Crippen LogP contribution in [0.2, 0.25) is 0 Å². The second-order valence-corrected chi connectivity index (χ2v) is 6.85. The minimum atomic E-state index is 0.207. The Hall–Kier alpha value is -1.47. The highest BCUT2D eigenvalue weighted by Crippen LogP contribution is 2.31. The molecule has 0 bridgehead atoms. The zero-order valence-electron chi connectivity index (χ0n) is 11.6. The molecule has 0 amide bonds. The summed E-state index contributed by atoms with van der Waals surface area (Å²) in [5, 5.41) is 13.1. The summed E-state index contributed by atoms with van der Waals surface area (Å²) in [5.41, 5.74) is 1.87. The average Bonchev–Trinajstić information content (AvgIpc) is 2.39. The van der Waals surface area contributed by atoms with Gasteiger partial charge in [-0.3, -0.25) is 4.99 Å². The summed E-state index contributed by atoms with van der Waals surface area (Å²) in [6, 6.07) is 9.96. The van der Waals surface area contributed by atoms with Gasteiger partial charge >= 0.3 is 0 Å². The van der Waals surface area contributed by atoms with E-state index in [1.165, 1.54) is 0 Å². The van der Waals surface area contributed by atoms with E-state index in [4.69, 9.17) is 10.3 Å². The minimum Gasteiger partial charge on any atom is -0.335 e. The molecule has 3 nitrogen and oxygen atoms in total. The molecule has 2 rings (SSSR count). The summed E-state index contributed by atoms with van der Waals surface area (Å²) in [6.07, 6.45) is 1.13. The number of aliphatic imine (C=N–C) groups is 1. The van der Waals surface area contributed by atoms with Crippen LogP contribution in [0.1, 0.15) is 32.8 Å². The quantitative estimate of drug-likeness (QED) is 0.844. The Balaban J connectivity index is 2.09. The largest absolute Gasteiger partial charge is 0.335 e. The number of nitrogens with one attached hydrogen (secondary N) is 1. The Morgan fingerprint density at radius 2 is 2.00 bits per heavy atom. The van der Waals surface area contributed by atoms with Gasteiger partial charge in [-0.2, -0.15) is 5.26 Å². The predicted molar refractivity (Wildman–Crippen MR) is 82.5 cm³/mol. The number of anilines is 1. The van der Waals surface area contributed by atoms with Crippen molar-refractivity contribution in [3.63, 3.8) is 0 Å². The molecule has 1 atom stereocenters. The number of nitrogens with zero attached hydrogens (tertiary/aromatic N) is 2. The number of rotatable bonds is 1. The molecule has 1 aliphatic heterocycles. The van der Waals surface area contributed by atoms with Gasteiger partial charge in [0.1, 0.15) is 0 Å². The molecule has 4 heteroatoms. The van der Waals surface area contributed by atoms with Crippen LogP contribution in [0.5, 0.6) is 0 Å². The number of nitriles is 1. The van der Waals surface area contributed by atoms with E-state index in [0.717, 1.165) is 23.0 Å². The second kappa shape index (κ2) is 5.66. The maximum absolute atomic E-state index is 8.78. The first-order valence-electron chi connectivity index (χ1n) is 6.47. The molecule has 0 aromatic heterocycles. The van der Waals surface area contributed by atoms with Crippen molar-refractivity contribution in [3.8, 4) is 6.07 Å². The highest BCUT2D eigenvalue weighted by molar-refractivity contribution is 8.14. The highest BCUT2D eigenvalue weighted by atomic mass is 32.2. The molecule has 1 N–H and O–H groups in total. The number of hydrogen-bond donors (Lipinski definition) is 1.